The Morgan fingerprint density at radius 2 is 1.89 bits per heavy atom. The molecule has 9 nitrogen and oxygen atoms in total. The number of amides is 1. The second kappa shape index (κ2) is 9.05. The van der Waals surface area contributed by atoms with E-state index in [-0.39, 0.29) is 18.2 Å². The average molecular weight is 392 g/mol. The molecule has 0 spiro atoms. The van der Waals surface area contributed by atoms with Gasteiger partial charge in [-0.25, -0.2) is 4.79 Å². The van der Waals surface area contributed by atoms with Crippen LogP contribution in [0.25, 0.3) is 10.9 Å². The van der Waals surface area contributed by atoms with Gasteiger partial charge in [0.15, 0.2) is 6.54 Å². The number of rotatable bonds is 7. The lowest BCUT2D eigenvalue weighted by Gasteiger charge is -2.28. The first-order chi connectivity index (χ1) is 13.6. The first kappa shape index (κ1) is 20.1. The number of benzene rings is 1. The molecule has 1 fully saturated rings. The fourth-order valence-corrected chi connectivity index (χ4v) is 3.72. The van der Waals surface area contributed by atoms with Crippen LogP contribution in [0.2, 0.25) is 0 Å². The van der Waals surface area contributed by atoms with Crippen LogP contribution < -0.4 is 19.9 Å². The normalized spacial score (nSPS) is 19.4. The van der Waals surface area contributed by atoms with E-state index in [4.69, 9.17) is 14.6 Å². The molecule has 1 aliphatic rings. The number of methoxy groups -OCH3 is 2. The highest BCUT2D eigenvalue weighted by Gasteiger charge is 2.27. The summed E-state index contributed by atoms with van der Waals surface area (Å²) >= 11 is 0. The molecule has 1 aromatic heterocycles. The molecule has 1 amide bonds. The third kappa shape index (κ3) is 4.27. The number of hydrogen-bond donors (Lipinski definition) is 5. The molecule has 3 rings (SSSR count). The molecular weight excluding hydrogens is 364 g/mol. The molecule has 2 aromatic rings. The number of aliphatic hydroxyl groups excluding tert-OH is 1. The maximum Gasteiger partial charge on any atom is 0.356 e. The summed E-state index contributed by atoms with van der Waals surface area (Å²) in [6.07, 6.45) is 0. The van der Waals surface area contributed by atoms with Crippen molar-refractivity contribution in [2.45, 2.75) is 0 Å². The van der Waals surface area contributed by atoms with Gasteiger partial charge in [0.2, 0.25) is 0 Å². The van der Waals surface area contributed by atoms with E-state index in [1.165, 1.54) is 16.9 Å². The number of H-pyrrole nitrogens is 1. The van der Waals surface area contributed by atoms with Crippen LogP contribution in [-0.4, -0.2) is 82.1 Å². The quantitative estimate of drug-likeness (QED) is 0.340. The van der Waals surface area contributed by atoms with Gasteiger partial charge in [-0.15, -0.1) is 0 Å². The molecule has 1 aromatic carbocycles. The number of nitrogens with one attached hydrogen (secondary N) is 4. The fraction of sp³-hybridized carbons (Fsp3) is 0.474. The van der Waals surface area contributed by atoms with Gasteiger partial charge >= 0.3 is 5.97 Å². The van der Waals surface area contributed by atoms with E-state index < -0.39 is 5.97 Å². The fourth-order valence-electron chi connectivity index (χ4n) is 3.72. The number of carbonyl (C=O) groups excluding carboxylic acids is 2. The second-order valence-electron chi connectivity index (χ2n) is 6.95. The van der Waals surface area contributed by atoms with Crippen LogP contribution >= 0.6 is 0 Å². The summed E-state index contributed by atoms with van der Waals surface area (Å²) < 4.78 is 10.3. The van der Waals surface area contributed by atoms with E-state index in [1.807, 2.05) is 12.1 Å². The predicted octanol–water partition coefficient (Wildman–Crippen LogP) is -2.32. The Balaban J connectivity index is 1.77. The molecule has 1 aliphatic heterocycles. The Kier molecular flexibility index (Phi) is 6.50. The third-order valence-electron chi connectivity index (χ3n) is 5.20. The van der Waals surface area contributed by atoms with Gasteiger partial charge in [0.25, 0.3) is 5.91 Å². The van der Waals surface area contributed by atoms with Crippen molar-refractivity contribution in [3.8, 4) is 5.75 Å². The molecule has 0 saturated carbocycles. The maximum absolute atomic E-state index is 12.7. The molecule has 0 aliphatic carbocycles. The lowest BCUT2D eigenvalue weighted by molar-refractivity contribution is -1.01. The van der Waals surface area contributed by atoms with Gasteiger partial charge < -0.3 is 34.7 Å². The van der Waals surface area contributed by atoms with E-state index in [0.29, 0.717) is 28.9 Å². The van der Waals surface area contributed by atoms with Gasteiger partial charge in [-0.05, 0) is 12.1 Å². The van der Waals surface area contributed by atoms with Crippen molar-refractivity contribution in [1.29, 1.82) is 0 Å². The van der Waals surface area contributed by atoms with Crippen molar-refractivity contribution < 1.29 is 34.0 Å². The minimum absolute atomic E-state index is 0.169. The van der Waals surface area contributed by atoms with Gasteiger partial charge in [-0.3, -0.25) is 4.79 Å². The monoisotopic (exact) mass is 392 g/mol. The van der Waals surface area contributed by atoms with Crippen LogP contribution in [0, 0.1) is 0 Å². The number of quaternary nitrogens is 2. The highest BCUT2D eigenvalue weighted by molar-refractivity contribution is 6.13. The zero-order chi connectivity index (χ0) is 20.1. The molecule has 2 heterocycles. The summed E-state index contributed by atoms with van der Waals surface area (Å²) in [5, 5.41) is 12.6. The summed E-state index contributed by atoms with van der Waals surface area (Å²) in [7, 11) is 2.85. The number of ether oxygens (including phenoxy) is 2. The maximum atomic E-state index is 12.7. The molecule has 0 radical (unpaired) electrons. The van der Waals surface area contributed by atoms with Crippen LogP contribution in [0.4, 0.5) is 5.69 Å². The zero-order valence-electron chi connectivity index (χ0n) is 16.3. The van der Waals surface area contributed by atoms with E-state index in [9.17, 15) is 9.59 Å². The van der Waals surface area contributed by atoms with E-state index in [1.54, 1.807) is 13.2 Å². The van der Waals surface area contributed by atoms with Gasteiger partial charge in [0.1, 0.15) is 44.2 Å². The molecule has 1 saturated heterocycles. The molecule has 152 valence electrons. The summed E-state index contributed by atoms with van der Waals surface area (Å²) in [6.45, 7) is 4.83. The number of anilines is 1. The van der Waals surface area contributed by atoms with Crippen molar-refractivity contribution in [1.82, 2.24) is 4.98 Å². The van der Waals surface area contributed by atoms with E-state index >= 15 is 0 Å². The number of fused-ring (bicyclic) bond motifs is 1. The summed E-state index contributed by atoms with van der Waals surface area (Å²) in [4.78, 5) is 30.5. The highest BCUT2D eigenvalue weighted by Crippen LogP contribution is 2.35. The zero-order valence-corrected chi connectivity index (χ0v) is 16.3. The summed E-state index contributed by atoms with van der Waals surface area (Å²) in [5.74, 6) is -0.160. The van der Waals surface area contributed by atoms with Crippen LogP contribution in [0.5, 0.6) is 5.75 Å². The Morgan fingerprint density at radius 1 is 1.18 bits per heavy atom. The van der Waals surface area contributed by atoms with Crippen molar-refractivity contribution in [3.05, 3.63) is 23.9 Å². The van der Waals surface area contributed by atoms with Crippen molar-refractivity contribution in [2.24, 2.45) is 0 Å². The number of aromatic amines is 1. The number of aromatic nitrogens is 1. The molecule has 28 heavy (non-hydrogen) atoms. The van der Waals surface area contributed by atoms with Gasteiger partial charge in [-0.2, -0.15) is 0 Å². The largest absolute Gasteiger partial charge is 0.496 e. The van der Waals surface area contributed by atoms with Gasteiger partial charge in [0.05, 0.1) is 37.4 Å². The molecule has 5 N–H and O–H groups in total. The van der Waals surface area contributed by atoms with Crippen molar-refractivity contribution in [3.63, 3.8) is 0 Å². The molecule has 0 atom stereocenters. The summed E-state index contributed by atoms with van der Waals surface area (Å²) in [6, 6.07) is 5.40. The van der Waals surface area contributed by atoms with Crippen LogP contribution in [0.1, 0.15) is 10.5 Å². The number of carbonyl (C=O) groups is 2. The molecule has 0 unspecified atom stereocenters. The van der Waals surface area contributed by atoms with E-state index in [2.05, 4.69) is 10.3 Å². The number of hydrogen-bond acceptors (Lipinski definition) is 5. The third-order valence-corrected chi connectivity index (χ3v) is 5.20. The molecule has 0 bridgehead atoms. The van der Waals surface area contributed by atoms with E-state index in [0.717, 1.165) is 32.7 Å². The molecular formula is C19H28N4O5+2. The predicted molar refractivity (Wildman–Crippen MR) is 103 cm³/mol. The van der Waals surface area contributed by atoms with Gasteiger partial charge in [-0.1, -0.05) is 6.07 Å². The SMILES string of the molecule is COC(=O)c1[nH]c2cccc(OC)c2c1NC(=O)C[NH+]1CC[NH+](CCO)CC1. The first-order valence-electron chi connectivity index (χ1n) is 9.42. The summed E-state index contributed by atoms with van der Waals surface area (Å²) in [5.41, 5.74) is 1.26. The number of piperazine rings is 1. The lowest BCUT2D eigenvalue weighted by atomic mass is 10.2. The van der Waals surface area contributed by atoms with Crippen LogP contribution in [0.15, 0.2) is 18.2 Å². The molecule has 9 heteroatoms. The minimum Gasteiger partial charge on any atom is -0.496 e. The lowest BCUT2D eigenvalue weighted by Crippen LogP contribution is -3.28. The Labute approximate surface area is 163 Å². The first-order valence-corrected chi connectivity index (χ1v) is 9.42. The van der Waals surface area contributed by atoms with Crippen molar-refractivity contribution in [2.75, 3.05) is 65.4 Å². The Morgan fingerprint density at radius 3 is 2.54 bits per heavy atom. The Bertz CT molecular complexity index is 842. The second-order valence-corrected chi connectivity index (χ2v) is 6.95. The standard InChI is InChI=1S/C19H26N4O5/c1-27-14-5-3-4-13-16(14)17(18(20-13)19(26)28-2)21-15(25)12-23-8-6-22(7-9-23)10-11-24/h3-5,20,24H,6-12H2,1-2H3,(H,21,25)/p+2. The smallest absolute Gasteiger partial charge is 0.356 e. The van der Waals surface area contributed by atoms with Crippen LogP contribution in [-0.2, 0) is 9.53 Å². The number of aliphatic hydroxyl groups is 1. The number of esters is 1. The van der Waals surface area contributed by atoms with Gasteiger partial charge in [0, 0.05) is 0 Å². The minimum atomic E-state index is -0.554. The highest BCUT2D eigenvalue weighted by atomic mass is 16.5. The van der Waals surface area contributed by atoms with Crippen molar-refractivity contribution >= 4 is 28.5 Å². The topological polar surface area (TPSA) is 110 Å². The Hall–Kier alpha value is -2.62. The average Bonchev–Trinajstić information content (AvgIpc) is 3.07. The van der Waals surface area contributed by atoms with Crippen LogP contribution in [0.3, 0.4) is 0 Å².